The van der Waals surface area contributed by atoms with Crippen molar-refractivity contribution in [2.45, 2.75) is 37.8 Å². The molecule has 1 fully saturated rings. The van der Waals surface area contributed by atoms with Crippen LogP contribution in [-0.2, 0) is 4.79 Å². The Bertz CT molecular complexity index is 539. The molecular weight excluding hydrogens is 274 g/mol. The van der Waals surface area contributed by atoms with Crippen molar-refractivity contribution in [2.24, 2.45) is 0 Å². The van der Waals surface area contributed by atoms with E-state index in [4.69, 9.17) is 14.2 Å². The van der Waals surface area contributed by atoms with Gasteiger partial charge in [0.1, 0.15) is 6.04 Å². The third-order valence-electron chi connectivity index (χ3n) is 4.02. The van der Waals surface area contributed by atoms with Crippen molar-refractivity contribution in [2.75, 3.05) is 13.9 Å². The second-order valence-electron chi connectivity index (χ2n) is 5.38. The molecule has 3 rings (SSSR count). The highest BCUT2D eigenvalue weighted by Gasteiger charge is 2.29. The first-order valence-electron chi connectivity index (χ1n) is 7.15. The van der Waals surface area contributed by atoms with Crippen LogP contribution in [0.5, 0.6) is 17.2 Å². The van der Waals surface area contributed by atoms with E-state index in [1.54, 1.807) is 12.1 Å². The number of aliphatic carboxylic acids is 1. The van der Waals surface area contributed by atoms with Crippen molar-refractivity contribution < 1.29 is 24.1 Å². The summed E-state index contributed by atoms with van der Waals surface area (Å²) in [6.07, 6.45) is 4.33. The molecule has 0 spiro atoms. The quantitative estimate of drug-likeness (QED) is 0.865. The first-order chi connectivity index (χ1) is 10.2. The Hall–Kier alpha value is -1.95. The second kappa shape index (κ2) is 5.81. The van der Waals surface area contributed by atoms with Gasteiger partial charge in [-0.3, -0.25) is 10.1 Å². The van der Waals surface area contributed by atoms with Gasteiger partial charge in [0.2, 0.25) is 12.5 Å². The average molecular weight is 293 g/mol. The zero-order chi connectivity index (χ0) is 14.8. The predicted molar refractivity (Wildman–Crippen MR) is 74.9 cm³/mol. The van der Waals surface area contributed by atoms with E-state index < -0.39 is 12.0 Å². The molecule has 1 heterocycles. The number of carboxylic acid groups (broad SMARTS) is 1. The molecule has 6 nitrogen and oxygen atoms in total. The maximum absolute atomic E-state index is 11.6. The third kappa shape index (κ3) is 2.76. The van der Waals surface area contributed by atoms with Crippen LogP contribution in [0, 0.1) is 0 Å². The lowest BCUT2D eigenvalue weighted by molar-refractivity contribution is -0.139. The summed E-state index contributed by atoms with van der Waals surface area (Å²) in [5.74, 6) is 0.664. The van der Waals surface area contributed by atoms with Crippen LogP contribution in [0.3, 0.4) is 0 Å². The second-order valence-corrected chi connectivity index (χ2v) is 5.38. The average Bonchev–Trinajstić information content (AvgIpc) is 3.14. The number of carboxylic acids is 1. The molecule has 1 saturated carbocycles. The molecule has 1 aliphatic carbocycles. The minimum absolute atomic E-state index is 0.128. The molecule has 0 amide bonds. The van der Waals surface area contributed by atoms with Crippen molar-refractivity contribution in [1.29, 1.82) is 0 Å². The highest BCUT2D eigenvalue weighted by molar-refractivity contribution is 5.76. The topological polar surface area (TPSA) is 77.0 Å². The van der Waals surface area contributed by atoms with Crippen LogP contribution in [-0.4, -0.2) is 31.0 Å². The molecule has 2 N–H and O–H groups in total. The molecule has 0 aromatic heterocycles. The molecule has 1 aliphatic heterocycles. The van der Waals surface area contributed by atoms with E-state index in [0.29, 0.717) is 22.8 Å². The van der Waals surface area contributed by atoms with Gasteiger partial charge in [-0.25, -0.2) is 0 Å². The lowest BCUT2D eigenvalue weighted by Crippen LogP contribution is -2.35. The molecular formula is C15H19NO5. The number of hydrogen-bond acceptors (Lipinski definition) is 5. The van der Waals surface area contributed by atoms with Crippen molar-refractivity contribution in [3.63, 3.8) is 0 Å². The molecule has 1 aromatic carbocycles. The number of carbonyl (C=O) groups is 1. The predicted octanol–water partition coefficient (Wildman–Crippen LogP) is 2.08. The number of nitrogens with one attached hydrogen (secondary N) is 1. The van der Waals surface area contributed by atoms with Crippen LogP contribution >= 0.6 is 0 Å². The van der Waals surface area contributed by atoms with Gasteiger partial charge in [-0.05, 0) is 30.5 Å². The van der Waals surface area contributed by atoms with Gasteiger partial charge in [0, 0.05) is 6.04 Å². The van der Waals surface area contributed by atoms with Gasteiger partial charge in [-0.15, -0.1) is 0 Å². The van der Waals surface area contributed by atoms with E-state index in [9.17, 15) is 9.90 Å². The largest absolute Gasteiger partial charge is 0.493 e. The van der Waals surface area contributed by atoms with Crippen LogP contribution < -0.4 is 19.5 Å². The van der Waals surface area contributed by atoms with E-state index in [-0.39, 0.29) is 12.8 Å². The van der Waals surface area contributed by atoms with E-state index in [1.807, 2.05) is 0 Å². The lowest BCUT2D eigenvalue weighted by Gasteiger charge is -2.20. The Kier molecular flexibility index (Phi) is 3.88. The van der Waals surface area contributed by atoms with Crippen molar-refractivity contribution in [1.82, 2.24) is 5.32 Å². The Morgan fingerprint density at radius 1 is 1.38 bits per heavy atom. The fraction of sp³-hybridized carbons (Fsp3) is 0.533. The highest BCUT2D eigenvalue weighted by Crippen LogP contribution is 2.43. The fourth-order valence-corrected chi connectivity index (χ4v) is 2.95. The standard InChI is InChI=1S/C15H19NO5/c1-19-11-6-9(7-12-14(11)21-8-20-12)13(15(17)18)16-10-4-2-3-5-10/h6-7,10,13,16H,2-5,8H2,1H3,(H,17,18). The van der Waals surface area contributed by atoms with E-state index in [2.05, 4.69) is 5.32 Å². The summed E-state index contributed by atoms with van der Waals surface area (Å²) in [7, 11) is 1.53. The molecule has 0 saturated heterocycles. The number of rotatable bonds is 5. The Morgan fingerprint density at radius 3 is 2.81 bits per heavy atom. The molecule has 0 radical (unpaired) electrons. The Morgan fingerprint density at radius 2 is 2.14 bits per heavy atom. The van der Waals surface area contributed by atoms with E-state index in [1.165, 1.54) is 7.11 Å². The van der Waals surface area contributed by atoms with Crippen LogP contribution in [0.25, 0.3) is 0 Å². The van der Waals surface area contributed by atoms with Gasteiger partial charge in [0.05, 0.1) is 7.11 Å². The van der Waals surface area contributed by atoms with Gasteiger partial charge in [0.25, 0.3) is 0 Å². The monoisotopic (exact) mass is 293 g/mol. The van der Waals surface area contributed by atoms with Gasteiger partial charge >= 0.3 is 5.97 Å². The smallest absolute Gasteiger partial charge is 0.325 e. The number of fused-ring (bicyclic) bond motifs is 1. The Balaban J connectivity index is 1.90. The molecule has 1 atom stereocenters. The van der Waals surface area contributed by atoms with E-state index >= 15 is 0 Å². The summed E-state index contributed by atoms with van der Waals surface area (Å²) in [5.41, 5.74) is 0.621. The molecule has 1 aromatic rings. The number of methoxy groups -OCH3 is 1. The van der Waals surface area contributed by atoms with Crippen LogP contribution in [0.4, 0.5) is 0 Å². The molecule has 21 heavy (non-hydrogen) atoms. The summed E-state index contributed by atoms with van der Waals surface area (Å²) >= 11 is 0. The SMILES string of the molecule is COc1cc(C(NC2CCCC2)C(=O)O)cc2c1OCO2. The maximum Gasteiger partial charge on any atom is 0.325 e. The minimum Gasteiger partial charge on any atom is -0.493 e. The summed E-state index contributed by atoms with van der Waals surface area (Å²) in [4.78, 5) is 11.6. The first kappa shape index (κ1) is 14.0. The zero-order valence-electron chi connectivity index (χ0n) is 11.9. The summed E-state index contributed by atoms with van der Waals surface area (Å²) in [6.45, 7) is 0.128. The lowest BCUT2D eigenvalue weighted by atomic mass is 10.0. The van der Waals surface area contributed by atoms with Crippen LogP contribution in [0.15, 0.2) is 12.1 Å². The van der Waals surface area contributed by atoms with Crippen molar-refractivity contribution in [3.8, 4) is 17.2 Å². The molecule has 1 unspecified atom stereocenters. The first-order valence-corrected chi connectivity index (χ1v) is 7.15. The normalized spacial score (nSPS) is 18.7. The van der Waals surface area contributed by atoms with Crippen molar-refractivity contribution in [3.05, 3.63) is 17.7 Å². The molecule has 6 heteroatoms. The summed E-state index contributed by atoms with van der Waals surface area (Å²) in [5, 5.41) is 12.7. The van der Waals surface area contributed by atoms with E-state index in [0.717, 1.165) is 25.7 Å². The minimum atomic E-state index is -0.900. The number of hydrogen-bond donors (Lipinski definition) is 2. The zero-order valence-corrected chi connectivity index (χ0v) is 11.9. The molecule has 114 valence electrons. The van der Waals surface area contributed by atoms with Crippen LogP contribution in [0.2, 0.25) is 0 Å². The van der Waals surface area contributed by atoms with Gasteiger partial charge in [-0.1, -0.05) is 12.8 Å². The van der Waals surface area contributed by atoms with Crippen LogP contribution in [0.1, 0.15) is 37.3 Å². The Labute approximate surface area is 123 Å². The van der Waals surface area contributed by atoms with Crippen molar-refractivity contribution >= 4 is 5.97 Å². The summed E-state index contributed by atoms with van der Waals surface area (Å²) in [6, 6.07) is 2.90. The van der Waals surface area contributed by atoms with Gasteiger partial charge < -0.3 is 19.3 Å². The van der Waals surface area contributed by atoms with Gasteiger partial charge in [-0.2, -0.15) is 0 Å². The molecule has 0 bridgehead atoms. The number of ether oxygens (including phenoxy) is 3. The fourth-order valence-electron chi connectivity index (χ4n) is 2.95. The molecule has 2 aliphatic rings. The highest BCUT2D eigenvalue weighted by atomic mass is 16.7. The third-order valence-corrected chi connectivity index (χ3v) is 4.02. The number of benzene rings is 1. The van der Waals surface area contributed by atoms with Gasteiger partial charge in [0.15, 0.2) is 11.5 Å². The summed E-state index contributed by atoms with van der Waals surface area (Å²) < 4.78 is 16.0. The maximum atomic E-state index is 11.6.